The molecule has 0 aliphatic carbocycles. The Balaban J connectivity index is 1.28. The molecule has 0 spiro atoms. The molecule has 6 aromatic rings. The first-order chi connectivity index (χ1) is 24.0. The van der Waals surface area contributed by atoms with E-state index < -0.39 is 31.7 Å². The Labute approximate surface area is 294 Å². The van der Waals surface area contributed by atoms with E-state index >= 15 is 0 Å². The summed E-state index contributed by atoms with van der Waals surface area (Å²) in [6.45, 7) is 2.44. The molecule has 0 atom stereocenters. The Morgan fingerprint density at radius 1 is 0.880 bits per heavy atom. The summed E-state index contributed by atoms with van der Waals surface area (Å²) in [5.41, 5.74) is 3.96. The van der Waals surface area contributed by atoms with Gasteiger partial charge < -0.3 is 23.2 Å². The molecule has 13 heteroatoms. The van der Waals surface area contributed by atoms with Crippen LogP contribution in [-0.4, -0.2) is 44.0 Å². The first-order valence-electron chi connectivity index (χ1n) is 16.2. The van der Waals surface area contributed by atoms with Crippen LogP contribution in [0, 0.1) is 0 Å². The highest BCUT2D eigenvalue weighted by Gasteiger charge is 2.28. The fourth-order valence-corrected chi connectivity index (χ4v) is 8.31. The van der Waals surface area contributed by atoms with Crippen LogP contribution >= 0.6 is 11.3 Å². The van der Waals surface area contributed by atoms with Crippen molar-refractivity contribution in [1.82, 2.24) is 0 Å². The predicted molar refractivity (Wildman–Crippen MR) is 194 cm³/mol. The smallest absolute Gasteiger partial charge is 0.374 e. The Bertz CT molecular complexity index is 2500. The van der Waals surface area contributed by atoms with E-state index in [4.69, 9.17) is 9.15 Å². The fourth-order valence-electron chi connectivity index (χ4n) is 6.28. The number of hydrogen-bond donors (Lipinski definition) is 0. The van der Waals surface area contributed by atoms with Crippen molar-refractivity contribution in [3.63, 3.8) is 0 Å². The summed E-state index contributed by atoms with van der Waals surface area (Å²) in [5, 5.41) is 3.06. The number of anilines is 1. The van der Waals surface area contributed by atoms with Gasteiger partial charge in [-0.15, -0.1) is 11.3 Å². The molecular weight excluding hydrogens is 697 g/mol. The number of allylic oxidation sites excluding steroid dienone is 2. The van der Waals surface area contributed by atoms with Crippen molar-refractivity contribution in [3.05, 3.63) is 108 Å². The van der Waals surface area contributed by atoms with Gasteiger partial charge in [-0.3, -0.25) is 0 Å². The van der Waals surface area contributed by atoms with Crippen LogP contribution in [0.15, 0.2) is 107 Å². The number of rotatable bonds is 12. The quantitative estimate of drug-likeness (QED) is 0.0947. The van der Waals surface area contributed by atoms with Gasteiger partial charge in [0.1, 0.15) is 0 Å². The number of benzene rings is 4. The zero-order valence-electron chi connectivity index (χ0n) is 27.1. The van der Waals surface area contributed by atoms with E-state index in [1.54, 1.807) is 11.3 Å². The molecule has 0 bridgehead atoms. The summed E-state index contributed by atoms with van der Waals surface area (Å²) >= 11 is 1.68. The maximum Gasteiger partial charge on any atom is 0.374 e. The van der Waals surface area contributed by atoms with Crippen LogP contribution in [0.25, 0.3) is 48.5 Å². The second kappa shape index (κ2) is 13.6. The lowest BCUT2D eigenvalue weighted by Crippen LogP contribution is -2.36. The Morgan fingerprint density at radius 3 is 2.38 bits per heavy atom. The topological polar surface area (TPSA) is 144 Å². The van der Waals surface area contributed by atoms with Gasteiger partial charge in [0.05, 0.1) is 37.4 Å². The molecule has 2 aromatic heterocycles. The van der Waals surface area contributed by atoms with Gasteiger partial charge >= 0.3 is 5.89 Å². The summed E-state index contributed by atoms with van der Waals surface area (Å²) in [6.07, 6.45) is 4.50. The second-order valence-electron chi connectivity index (χ2n) is 12.1. The van der Waals surface area contributed by atoms with Crippen molar-refractivity contribution in [3.8, 4) is 16.2 Å². The minimum atomic E-state index is -4.41. The standard InChI is InChI=1S/C37H34N2O8S3/c1-2-25(22-36-39(18-8-20-50(43,44)45)37-29-11-5-3-9-26(29)13-16-32(37)47-36)21-35-38(17-7-19-49(40,41)42)30-23-28(14-15-31(30)46-35)34-24-27-10-4-6-12-33(27)48-34/h3-6,9-16,21-24H,2,7-8,17-20H2,1H3,(H-,40,41,42,43,44,45)/p-1. The fraction of sp³-hybridized carbons (Fsp3) is 0.216. The highest BCUT2D eigenvalue weighted by molar-refractivity contribution is 7.85. The lowest BCUT2D eigenvalue weighted by Gasteiger charge is -2.19. The van der Waals surface area contributed by atoms with Crippen LogP contribution in [0.1, 0.15) is 32.1 Å². The van der Waals surface area contributed by atoms with Crippen molar-refractivity contribution in [2.75, 3.05) is 23.0 Å². The van der Waals surface area contributed by atoms with Crippen molar-refractivity contribution >= 4 is 75.3 Å². The highest BCUT2D eigenvalue weighted by atomic mass is 32.2. The van der Waals surface area contributed by atoms with Crippen molar-refractivity contribution in [2.24, 2.45) is 0 Å². The molecule has 1 aliphatic heterocycles. The largest absolute Gasteiger partial charge is 0.748 e. The maximum atomic E-state index is 11.5. The van der Waals surface area contributed by atoms with Crippen molar-refractivity contribution in [2.45, 2.75) is 32.7 Å². The van der Waals surface area contributed by atoms with E-state index in [0.29, 0.717) is 29.5 Å². The summed E-state index contributed by atoms with van der Waals surface area (Å²) in [4.78, 5) is 2.97. The van der Waals surface area contributed by atoms with Gasteiger partial charge in [0.25, 0.3) is 5.52 Å². The number of oxazole rings is 1. The van der Waals surface area contributed by atoms with Crippen molar-refractivity contribution < 1.29 is 39.7 Å². The Morgan fingerprint density at radius 2 is 1.62 bits per heavy atom. The minimum Gasteiger partial charge on any atom is -0.748 e. The third-order valence-electron chi connectivity index (χ3n) is 8.63. The van der Waals surface area contributed by atoms with Crippen LogP contribution in [-0.2, 0) is 26.8 Å². The Kier molecular flexibility index (Phi) is 9.26. The normalized spacial score (nSPS) is 14.7. The molecule has 0 N–H and O–H groups in total. The summed E-state index contributed by atoms with van der Waals surface area (Å²) in [6, 6.07) is 27.9. The molecule has 0 amide bonds. The third-order valence-corrected chi connectivity index (χ3v) is 11.4. The van der Waals surface area contributed by atoms with E-state index in [2.05, 4.69) is 18.2 Å². The zero-order valence-corrected chi connectivity index (χ0v) is 29.5. The number of aromatic nitrogens is 1. The van der Waals surface area contributed by atoms with Gasteiger partial charge in [-0.05, 0) is 77.2 Å². The zero-order chi connectivity index (χ0) is 35.0. The van der Waals surface area contributed by atoms with Gasteiger partial charge in [-0.25, -0.2) is 16.8 Å². The van der Waals surface area contributed by atoms with Crippen LogP contribution in [0.3, 0.4) is 0 Å². The summed E-state index contributed by atoms with van der Waals surface area (Å²) < 4.78 is 84.7. The van der Waals surface area contributed by atoms with E-state index in [1.165, 1.54) is 4.70 Å². The number of aryl methyl sites for hydroxylation is 1. The average Bonchev–Trinajstić information content (AvgIpc) is 3.76. The van der Waals surface area contributed by atoms with Gasteiger partial charge in [-0.2, -0.15) is 4.57 Å². The second-order valence-corrected chi connectivity index (χ2v) is 16.2. The first-order valence-corrected chi connectivity index (χ1v) is 20.1. The van der Waals surface area contributed by atoms with Gasteiger partial charge in [-0.1, -0.05) is 49.4 Å². The molecule has 0 saturated heterocycles. The maximum absolute atomic E-state index is 11.5. The highest BCUT2D eigenvalue weighted by Crippen LogP contribution is 2.44. The van der Waals surface area contributed by atoms with E-state index in [1.807, 2.05) is 95.3 Å². The van der Waals surface area contributed by atoms with Gasteiger partial charge in [0.2, 0.25) is 11.5 Å². The molecule has 0 saturated carbocycles. The first kappa shape index (κ1) is 33.9. The number of nitrogens with zero attached hydrogens (tertiary/aromatic N) is 2. The molecule has 0 fully saturated rings. The van der Waals surface area contributed by atoms with Gasteiger partial charge in [0.15, 0.2) is 12.3 Å². The number of thiophene rings is 1. The molecule has 7 rings (SSSR count). The molecule has 258 valence electrons. The van der Waals surface area contributed by atoms with Crippen LogP contribution in [0.5, 0.6) is 5.75 Å². The lowest BCUT2D eigenvalue weighted by atomic mass is 10.1. The molecule has 1 aliphatic rings. The van der Waals surface area contributed by atoms with Crippen LogP contribution in [0.2, 0.25) is 0 Å². The van der Waals surface area contributed by atoms with E-state index in [-0.39, 0.29) is 25.9 Å². The number of fused-ring (bicyclic) bond motifs is 5. The predicted octanol–water partition coefficient (Wildman–Crippen LogP) is 7.16. The third kappa shape index (κ3) is 7.32. The van der Waals surface area contributed by atoms with E-state index in [9.17, 15) is 25.9 Å². The summed E-state index contributed by atoms with van der Waals surface area (Å²) in [7, 11) is -8.82. The van der Waals surface area contributed by atoms with E-state index in [0.717, 1.165) is 43.4 Å². The Hall–Kier alpha value is -4.53. The molecule has 4 aromatic carbocycles. The SMILES string of the molecule is CCC(/C=C1\Oc2ccc(-c3cc4ccccc4s3)cc2N1CCCS(=O)(=O)[O-])=C\c1oc2ccc3ccccc3c2[n+]1CCCS(=O)(=O)[O-]. The van der Waals surface area contributed by atoms with Crippen LogP contribution in [0.4, 0.5) is 5.69 Å². The van der Waals surface area contributed by atoms with Crippen molar-refractivity contribution in [1.29, 1.82) is 0 Å². The lowest BCUT2D eigenvalue weighted by molar-refractivity contribution is -0.677. The number of ether oxygens (including phenoxy) is 1. The minimum absolute atomic E-state index is 0.101. The molecule has 10 nitrogen and oxygen atoms in total. The van der Waals surface area contributed by atoms with Gasteiger partial charge in [0, 0.05) is 40.1 Å². The monoisotopic (exact) mass is 729 g/mol. The average molecular weight is 730 g/mol. The van der Waals surface area contributed by atoms with Crippen LogP contribution < -0.4 is 14.2 Å². The molecule has 50 heavy (non-hydrogen) atoms. The number of hydrogen-bond acceptors (Lipinski definition) is 10. The molecule has 0 radical (unpaired) electrons. The molecule has 0 unspecified atom stereocenters. The summed E-state index contributed by atoms with van der Waals surface area (Å²) in [5.74, 6) is 0.528. The molecule has 3 heterocycles. The molecular formula is C37H33N2O8S3-.